The Hall–Kier alpha value is -1.37. The summed E-state index contributed by atoms with van der Waals surface area (Å²) in [4.78, 5) is 0. The zero-order valence-corrected chi connectivity index (χ0v) is 16.7. The fourth-order valence-corrected chi connectivity index (χ4v) is 4.39. The summed E-state index contributed by atoms with van der Waals surface area (Å²) in [5, 5.41) is 10.6. The molecule has 0 amide bonds. The Kier molecular flexibility index (Phi) is 4.84. The summed E-state index contributed by atoms with van der Waals surface area (Å²) in [6.45, 7) is 2.63. The molecule has 0 atom stereocenters. The summed E-state index contributed by atoms with van der Waals surface area (Å²) in [6, 6.07) is 3.78. The quantitative estimate of drug-likeness (QED) is 0.529. The van der Waals surface area contributed by atoms with Crippen LogP contribution in [0.15, 0.2) is 17.5 Å². The molecule has 1 saturated carbocycles. The van der Waals surface area contributed by atoms with Crippen molar-refractivity contribution < 1.29 is 4.39 Å². The highest BCUT2D eigenvalue weighted by Crippen LogP contribution is 2.44. The Balaban J connectivity index is 1.62. The third-order valence-corrected chi connectivity index (χ3v) is 6.13. The number of hydrogen-bond donors (Lipinski definition) is 1. The highest BCUT2D eigenvalue weighted by atomic mass is 35.5. The Morgan fingerprint density at radius 2 is 2.19 bits per heavy atom. The highest BCUT2D eigenvalue weighted by Gasteiger charge is 2.42. The minimum Gasteiger partial charge on any atom is -0.378 e. The van der Waals surface area contributed by atoms with Gasteiger partial charge in [-0.1, -0.05) is 23.2 Å². The van der Waals surface area contributed by atoms with E-state index < -0.39 is 5.67 Å². The van der Waals surface area contributed by atoms with Crippen LogP contribution in [-0.4, -0.2) is 19.7 Å². The molecule has 1 aliphatic carbocycles. The first-order valence-corrected chi connectivity index (χ1v) is 10.2. The number of nitrogens with one attached hydrogen (secondary N) is 1. The van der Waals surface area contributed by atoms with Gasteiger partial charge in [0.05, 0.1) is 23.4 Å². The SMILES string of the molecule is Cc1c(CCCC2(F)CC2)c(Cl)n2nc(Cl)cc(NCc3ccsn3)c12. The van der Waals surface area contributed by atoms with Crippen LogP contribution in [-0.2, 0) is 13.0 Å². The van der Waals surface area contributed by atoms with Crippen molar-refractivity contribution in [3.05, 3.63) is 44.6 Å². The molecule has 3 aromatic rings. The Labute approximate surface area is 165 Å². The molecule has 138 valence electrons. The van der Waals surface area contributed by atoms with Gasteiger partial charge in [-0.05, 0) is 67.8 Å². The summed E-state index contributed by atoms with van der Waals surface area (Å²) in [6.07, 6.45) is 3.50. The molecule has 26 heavy (non-hydrogen) atoms. The van der Waals surface area contributed by atoms with Crippen LogP contribution in [0.25, 0.3) is 5.52 Å². The molecule has 0 bridgehead atoms. The van der Waals surface area contributed by atoms with Gasteiger partial charge >= 0.3 is 0 Å². The maximum Gasteiger partial charge on any atom is 0.152 e. The Morgan fingerprint density at radius 1 is 1.38 bits per heavy atom. The number of halogens is 3. The number of aryl methyl sites for hydroxylation is 1. The third kappa shape index (κ3) is 3.55. The van der Waals surface area contributed by atoms with Crippen LogP contribution in [0.1, 0.15) is 42.5 Å². The summed E-state index contributed by atoms with van der Waals surface area (Å²) in [5.41, 5.74) is 3.89. The van der Waals surface area contributed by atoms with E-state index in [1.165, 1.54) is 11.5 Å². The molecular weight excluding hydrogens is 394 g/mol. The molecule has 8 heteroatoms. The van der Waals surface area contributed by atoms with Crippen LogP contribution in [0.5, 0.6) is 0 Å². The van der Waals surface area contributed by atoms with E-state index in [-0.39, 0.29) is 0 Å². The predicted octanol–water partition coefficient (Wildman–Crippen LogP) is 5.84. The van der Waals surface area contributed by atoms with Crippen LogP contribution < -0.4 is 5.32 Å². The van der Waals surface area contributed by atoms with E-state index in [9.17, 15) is 4.39 Å². The highest BCUT2D eigenvalue weighted by molar-refractivity contribution is 7.03. The monoisotopic (exact) mass is 412 g/mol. The van der Waals surface area contributed by atoms with Gasteiger partial charge in [0.2, 0.25) is 0 Å². The lowest BCUT2D eigenvalue weighted by Crippen LogP contribution is -2.03. The standard InChI is InChI=1S/C18H19Cl2FN4S/c1-11-13(3-2-5-18(21)6-7-18)17(20)25-16(11)14(9-15(19)23-25)22-10-12-4-8-26-24-12/h4,8-9,22H,2-3,5-7,10H2,1H3. The molecule has 0 saturated heterocycles. The average molecular weight is 413 g/mol. The lowest BCUT2D eigenvalue weighted by atomic mass is 10.0. The molecule has 0 aliphatic heterocycles. The number of aromatic nitrogens is 3. The van der Waals surface area contributed by atoms with Gasteiger partial charge in [-0.25, -0.2) is 8.91 Å². The fourth-order valence-electron chi connectivity index (χ4n) is 3.31. The van der Waals surface area contributed by atoms with Gasteiger partial charge in [0.25, 0.3) is 0 Å². The molecule has 0 radical (unpaired) electrons. The van der Waals surface area contributed by atoms with E-state index in [4.69, 9.17) is 23.2 Å². The largest absolute Gasteiger partial charge is 0.378 e. The van der Waals surface area contributed by atoms with E-state index in [0.29, 0.717) is 36.1 Å². The van der Waals surface area contributed by atoms with Crippen molar-refractivity contribution in [2.75, 3.05) is 5.32 Å². The number of hydrogen-bond acceptors (Lipinski definition) is 4. The number of rotatable bonds is 7. The molecule has 0 unspecified atom stereocenters. The van der Waals surface area contributed by atoms with Crippen LogP contribution >= 0.6 is 34.7 Å². The van der Waals surface area contributed by atoms with Crippen LogP contribution in [0.4, 0.5) is 10.1 Å². The first kappa shape index (κ1) is 18.0. The minimum absolute atomic E-state index is 0.363. The Morgan fingerprint density at radius 3 is 2.88 bits per heavy atom. The molecule has 3 heterocycles. The molecule has 3 aromatic heterocycles. The second kappa shape index (κ2) is 6.98. The predicted molar refractivity (Wildman–Crippen MR) is 105 cm³/mol. The lowest BCUT2D eigenvalue weighted by Gasteiger charge is -2.09. The summed E-state index contributed by atoms with van der Waals surface area (Å²) in [7, 11) is 0. The van der Waals surface area contributed by atoms with Crippen LogP contribution in [0, 0.1) is 6.92 Å². The van der Waals surface area contributed by atoms with Crippen molar-refractivity contribution in [2.45, 2.75) is 51.2 Å². The molecule has 1 fully saturated rings. The van der Waals surface area contributed by atoms with Crippen molar-refractivity contribution in [2.24, 2.45) is 0 Å². The minimum atomic E-state index is -0.929. The van der Waals surface area contributed by atoms with Gasteiger partial charge in [-0.3, -0.25) is 0 Å². The number of nitrogens with zero attached hydrogens (tertiary/aromatic N) is 3. The topological polar surface area (TPSA) is 42.2 Å². The maximum absolute atomic E-state index is 13.9. The van der Waals surface area contributed by atoms with Gasteiger partial charge in [-0.15, -0.1) is 0 Å². The second-order valence-electron chi connectivity index (χ2n) is 6.88. The maximum atomic E-state index is 13.9. The Bertz CT molecular complexity index is 935. The number of fused-ring (bicyclic) bond motifs is 1. The van der Waals surface area contributed by atoms with E-state index >= 15 is 0 Å². The van der Waals surface area contributed by atoms with Gasteiger partial charge < -0.3 is 5.32 Å². The van der Waals surface area contributed by atoms with Crippen molar-refractivity contribution in [3.8, 4) is 0 Å². The van der Waals surface area contributed by atoms with Crippen molar-refractivity contribution in [1.82, 2.24) is 14.0 Å². The molecule has 0 aromatic carbocycles. The molecular formula is C18H19Cl2FN4S. The second-order valence-corrected chi connectivity index (χ2v) is 8.30. The van der Waals surface area contributed by atoms with Gasteiger partial charge in [0.1, 0.15) is 10.8 Å². The van der Waals surface area contributed by atoms with E-state index in [1.807, 2.05) is 18.4 Å². The summed E-state index contributed by atoms with van der Waals surface area (Å²) in [5.74, 6) is 0. The third-order valence-electron chi connectivity index (χ3n) is 4.96. The molecule has 1 N–H and O–H groups in total. The molecule has 0 spiro atoms. The first-order chi connectivity index (χ1) is 12.5. The number of anilines is 1. The van der Waals surface area contributed by atoms with E-state index in [2.05, 4.69) is 14.8 Å². The first-order valence-electron chi connectivity index (χ1n) is 8.65. The van der Waals surface area contributed by atoms with Gasteiger partial charge in [0.15, 0.2) is 5.15 Å². The molecule has 1 aliphatic rings. The van der Waals surface area contributed by atoms with Crippen LogP contribution in [0.2, 0.25) is 10.3 Å². The smallest absolute Gasteiger partial charge is 0.152 e. The normalized spacial score (nSPS) is 15.5. The number of alkyl halides is 1. The summed E-state index contributed by atoms with van der Waals surface area (Å²) >= 11 is 14.2. The zero-order chi connectivity index (χ0) is 18.3. The van der Waals surface area contributed by atoms with E-state index in [0.717, 1.165) is 40.9 Å². The zero-order valence-electron chi connectivity index (χ0n) is 14.4. The van der Waals surface area contributed by atoms with Crippen LogP contribution in [0.3, 0.4) is 0 Å². The molecule has 4 nitrogen and oxygen atoms in total. The average Bonchev–Trinajstić information content (AvgIpc) is 3.04. The summed E-state index contributed by atoms with van der Waals surface area (Å²) < 4.78 is 19.9. The van der Waals surface area contributed by atoms with Crippen molar-refractivity contribution >= 4 is 45.9 Å². The lowest BCUT2D eigenvalue weighted by molar-refractivity contribution is 0.284. The van der Waals surface area contributed by atoms with Gasteiger partial charge in [0, 0.05) is 11.4 Å². The van der Waals surface area contributed by atoms with E-state index in [1.54, 1.807) is 10.6 Å². The van der Waals surface area contributed by atoms with Gasteiger partial charge in [-0.2, -0.15) is 9.47 Å². The molecule has 4 rings (SSSR count). The van der Waals surface area contributed by atoms with Crippen molar-refractivity contribution in [1.29, 1.82) is 0 Å². The van der Waals surface area contributed by atoms with Crippen molar-refractivity contribution in [3.63, 3.8) is 0 Å². The fraction of sp³-hybridized carbons (Fsp3) is 0.444.